The van der Waals surface area contributed by atoms with E-state index in [9.17, 15) is 4.79 Å². The van der Waals surface area contributed by atoms with Crippen molar-refractivity contribution < 1.29 is 4.79 Å². The number of carbonyl (C=O) groups excluding carboxylic acids is 1. The zero-order valence-corrected chi connectivity index (χ0v) is 15.5. The first-order valence-electron chi connectivity index (χ1n) is 8.54. The first-order chi connectivity index (χ1) is 11.5. The fraction of sp³-hybridized carbons (Fsp3) is 0.474. The van der Waals surface area contributed by atoms with Crippen LogP contribution < -0.4 is 4.90 Å². The van der Waals surface area contributed by atoms with E-state index < -0.39 is 0 Å². The summed E-state index contributed by atoms with van der Waals surface area (Å²) < 4.78 is 0. The standard InChI is InChI=1S/C19H25N3OS/c1-14-4-6-17(7-5-14)21-10-11-22(15(2)12-21)19(23)9-8-18-16(3)20-13-24-18/h4-7,13,15H,8-12H2,1-3H3. The van der Waals surface area contributed by atoms with Gasteiger partial charge in [-0.15, -0.1) is 11.3 Å². The molecule has 0 bridgehead atoms. The molecule has 24 heavy (non-hydrogen) atoms. The number of anilines is 1. The Morgan fingerprint density at radius 2 is 2.00 bits per heavy atom. The summed E-state index contributed by atoms with van der Waals surface area (Å²) in [7, 11) is 0. The maximum atomic E-state index is 12.6. The highest BCUT2D eigenvalue weighted by Crippen LogP contribution is 2.21. The quantitative estimate of drug-likeness (QED) is 0.853. The summed E-state index contributed by atoms with van der Waals surface area (Å²) in [6.45, 7) is 8.87. The molecule has 0 spiro atoms. The van der Waals surface area contributed by atoms with E-state index >= 15 is 0 Å². The number of carbonyl (C=O) groups is 1. The smallest absolute Gasteiger partial charge is 0.223 e. The van der Waals surface area contributed by atoms with Crippen molar-refractivity contribution in [3.8, 4) is 0 Å². The van der Waals surface area contributed by atoms with E-state index in [-0.39, 0.29) is 11.9 Å². The van der Waals surface area contributed by atoms with Crippen molar-refractivity contribution in [1.82, 2.24) is 9.88 Å². The average Bonchev–Trinajstić information content (AvgIpc) is 2.98. The molecule has 0 N–H and O–H groups in total. The SMILES string of the molecule is Cc1ccc(N2CCN(C(=O)CCc3scnc3C)C(C)C2)cc1. The lowest BCUT2D eigenvalue weighted by atomic mass is 10.1. The fourth-order valence-corrected chi connectivity index (χ4v) is 4.03. The molecule has 1 fully saturated rings. The molecule has 2 aromatic rings. The molecule has 2 heterocycles. The van der Waals surface area contributed by atoms with Crippen LogP contribution in [0.25, 0.3) is 0 Å². The van der Waals surface area contributed by atoms with Crippen LogP contribution in [0.4, 0.5) is 5.69 Å². The Morgan fingerprint density at radius 3 is 2.62 bits per heavy atom. The number of piperazine rings is 1. The van der Waals surface area contributed by atoms with Gasteiger partial charge in [0, 0.05) is 42.7 Å². The van der Waals surface area contributed by atoms with E-state index in [0.29, 0.717) is 6.42 Å². The highest BCUT2D eigenvalue weighted by atomic mass is 32.1. The fourth-order valence-electron chi connectivity index (χ4n) is 3.25. The van der Waals surface area contributed by atoms with Crippen molar-refractivity contribution in [2.75, 3.05) is 24.5 Å². The highest BCUT2D eigenvalue weighted by molar-refractivity contribution is 7.09. The second-order valence-electron chi connectivity index (χ2n) is 6.58. The Kier molecular flexibility index (Phi) is 5.19. The third kappa shape index (κ3) is 3.78. The molecule has 0 radical (unpaired) electrons. The number of hydrogen-bond donors (Lipinski definition) is 0. The van der Waals surface area contributed by atoms with Crippen LogP contribution in [0.3, 0.4) is 0 Å². The largest absolute Gasteiger partial charge is 0.368 e. The second-order valence-corrected chi connectivity index (χ2v) is 7.52. The van der Waals surface area contributed by atoms with Gasteiger partial charge in [-0.3, -0.25) is 4.79 Å². The number of thiazole rings is 1. The van der Waals surface area contributed by atoms with Gasteiger partial charge in [0.1, 0.15) is 0 Å². The molecular weight excluding hydrogens is 318 g/mol. The topological polar surface area (TPSA) is 36.4 Å². The van der Waals surface area contributed by atoms with Gasteiger partial charge in [-0.05, 0) is 39.3 Å². The third-order valence-electron chi connectivity index (χ3n) is 4.76. The molecule has 1 saturated heterocycles. The van der Waals surface area contributed by atoms with Crippen LogP contribution >= 0.6 is 11.3 Å². The van der Waals surface area contributed by atoms with E-state index in [0.717, 1.165) is 31.7 Å². The van der Waals surface area contributed by atoms with Gasteiger partial charge in [-0.1, -0.05) is 17.7 Å². The van der Waals surface area contributed by atoms with Gasteiger partial charge in [0.25, 0.3) is 0 Å². The zero-order valence-electron chi connectivity index (χ0n) is 14.7. The minimum Gasteiger partial charge on any atom is -0.368 e. The van der Waals surface area contributed by atoms with Gasteiger partial charge in [0.15, 0.2) is 0 Å². The minimum absolute atomic E-state index is 0.245. The molecule has 5 heteroatoms. The number of benzene rings is 1. The normalized spacial score (nSPS) is 18.0. The molecule has 128 valence electrons. The van der Waals surface area contributed by atoms with Crippen molar-refractivity contribution >= 4 is 22.9 Å². The van der Waals surface area contributed by atoms with Crippen molar-refractivity contribution in [2.24, 2.45) is 0 Å². The van der Waals surface area contributed by atoms with Crippen LogP contribution in [-0.2, 0) is 11.2 Å². The number of hydrogen-bond acceptors (Lipinski definition) is 4. The van der Waals surface area contributed by atoms with Gasteiger partial charge >= 0.3 is 0 Å². The second kappa shape index (κ2) is 7.34. The lowest BCUT2D eigenvalue weighted by Crippen LogP contribution is -2.54. The molecule has 0 saturated carbocycles. The molecule has 1 aliphatic heterocycles. The van der Waals surface area contributed by atoms with Crippen LogP contribution in [0.2, 0.25) is 0 Å². The zero-order chi connectivity index (χ0) is 17.1. The van der Waals surface area contributed by atoms with Crippen LogP contribution in [-0.4, -0.2) is 41.5 Å². The summed E-state index contributed by atoms with van der Waals surface area (Å²) in [4.78, 5) is 22.5. The molecule has 1 atom stereocenters. The van der Waals surface area contributed by atoms with Crippen molar-refractivity contribution in [1.29, 1.82) is 0 Å². The van der Waals surface area contributed by atoms with E-state index in [2.05, 4.69) is 48.0 Å². The molecule has 1 amide bonds. The molecule has 1 aromatic heterocycles. The minimum atomic E-state index is 0.245. The van der Waals surface area contributed by atoms with E-state index in [1.165, 1.54) is 16.1 Å². The summed E-state index contributed by atoms with van der Waals surface area (Å²) in [6, 6.07) is 8.89. The van der Waals surface area contributed by atoms with Gasteiger partial charge in [-0.25, -0.2) is 4.98 Å². The van der Waals surface area contributed by atoms with E-state index in [4.69, 9.17) is 0 Å². The van der Waals surface area contributed by atoms with Crippen LogP contribution in [0.5, 0.6) is 0 Å². The molecule has 1 aromatic carbocycles. The predicted molar refractivity (Wildman–Crippen MR) is 99.7 cm³/mol. The Balaban J connectivity index is 1.56. The first-order valence-corrected chi connectivity index (χ1v) is 9.42. The maximum Gasteiger partial charge on any atom is 0.223 e. The monoisotopic (exact) mass is 343 g/mol. The Morgan fingerprint density at radius 1 is 1.25 bits per heavy atom. The first kappa shape index (κ1) is 17.0. The number of aryl methyl sites for hydroxylation is 3. The van der Waals surface area contributed by atoms with E-state index in [1.54, 1.807) is 11.3 Å². The Labute approximate surface area is 148 Å². The molecule has 0 aliphatic carbocycles. The van der Waals surface area contributed by atoms with Crippen molar-refractivity contribution in [2.45, 2.75) is 39.7 Å². The Hall–Kier alpha value is -1.88. The number of rotatable bonds is 4. The van der Waals surface area contributed by atoms with Gasteiger partial charge < -0.3 is 9.80 Å². The van der Waals surface area contributed by atoms with Gasteiger partial charge in [0.2, 0.25) is 5.91 Å². The molecule has 1 aliphatic rings. The predicted octanol–water partition coefficient (Wildman–Crippen LogP) is 3.43. The van der Waals surface area contributed by atoms with Crippen LogP contribution in [0.15, 0.2) is 29.8 Å². The van der Waals surface area contributed by atoms with Crippen LogP contribution in [0.1, 0.15) is 29.5 Å². The van der Waals surface area contributed by atoms with Crippen molar-refractivity contribution in [3.05, 3.63) is 45.9 Å². The lowest BCUT2D eigenvalue weighted by molar-refractivity contribution is -0.133. The maximum absolute atomic E-state index is 12.6. The average molecular weight is 343 g/mol. The number of aromatic nitrogens is 1. The summed E-state index contributed by atoms with van der Waals surface area (Å²) in [5, 5.41) is 0. The Bertz CT molecular complexity index is 695. The van der Waals surface area contributed by atoms with Crippen molar-refractivity contribution in [3.63, 3.8) is 0 Å². The van der Waals surface area contributed by atoms with Gasteiger partial charge in [0.05, 0.1) is 11.2 Å². The highest BCUT2D eigenvalue weighted by Gasteiger charge is 2.27. The van der Waals surface area contributed by atoms with E-state index in [1.807, 2.05) is 17.3 Å². The lowest BCUT2D eigenvalue weighted by Gasteiger charge is -2.41. The van der Waals surface area contributed by atoms with Crippen LogP contribution in [0, 0.1) is 13.8 Å². The molecule has 3 rings (SSSR count). The molecular formula is C19H25N3OS. The number of nitrogens with zero attached hydrogens (tertiary/aromatic N) is 3. The number of amides is 1. The molecule has 4 nitrogen and oxygen atoms in total. The third-order valence-corrected chi connectivity index (χ3v) is 5.75. The summed E-state index contributed by atoms with van der Waals surface area (Å²) in [5.41, 5.74) is 5.45. The van der Waals surface area contributed by atoms with Gasteiger partial charge in [-0.2, -0.15) is 0 Å². The summed E-state index contributed by atoms with van der Waals surface area (Å²) in [5.74, 6) is 0.263. The molecule has 1 unspecified atom stereocenters. The summed E-state index contributed by atoms with van der Waals surface area (Å²) in [6.07, 6.45) is 1.39. The summed E-state index contributed by atoms with van der Waals surface area (Å²) >= 11 is 1.65.